The van der Waals surface area contributed by atoms with Gasteiger partial charge in [-0.2, -0.15) is 0 Å². The van der Waals surface area contributed by atoms with E-state index in [-0.39, 0.29) is 37.1 Å². The zero-order valence-electron chi connectivity index (χ0n) is 16.9. The van der Waals surface area contributed by atoms with Gasteiger partial charge in [0, 0.05) is 0 Å². The maximum absolute atomic E-state index is 12.0. The summed E-state index contributed by atoms with van der Waals surface area (Å²) in [6, 6.07) is 6.49. The lowest BCUT2D eigenvalue weighted by Gasteiger charge is -2.19. The second-order valence-corrected chi connectivity index (χ2v) is 8.98. The number of carbonyl (C=O) groups excluding carboxylic acids is 1. The van der Waals surface area contributed by atoms with Crippen molar-refractivity contribution >= 4 is 15.8 Å². The molecular weight excluding hydrogens is 388 g/mol. The molecule has 0 atom stereocenters. The van der Waals surface area contributed by atoms with Crippen molar-refractivity contribution in [2.75, 3.05) is 39.0 Å². The fraction of sp³-hybridized carbons (Fsp3) is 0.632. The molecule has 0 amide bonds. The first kappa shape index (κ1) is 24.5. The summed E-state index contributed by atoms with van der Waals surface area (Å²) in [6.07, 6.45) is 0.184. The van der Waals surface area contributed by atoms with Gasteiger partial charge in [0.05, 0.1) is 37.7 Å². The number of benzene rings is 1. The first-order valence-electron chi connectivity index (χ1n) is 9.01. The highest BCUT2D eigenvalue weighted by Gasteiger charge is 2.16. The number of rotatable bonds is 13. The molecule has 1 rings (SSSR count). The van der Waals surface area contributed by atoms with Gasteiger partial charge < -0.3 is 14.2 Å². The Bertz CT molecular complexity index is 677. The van der Waals surface area contributed by atoms with Gasteiger partial charge in [-0.1, -0.05) is 17.7 Å². The molecule has 0 aromatic heterocycles. The van der Waals surface area contributed by atoms with Gasteiger partial charge in [0.1, 0.15) is 12.2 Å². The summed E-state index contributed by atoms with van der Waals surface area (Å²) < 4.78 is 39.7. The van der Waals surface area contributed by atoms with Crippen LogP contribution in [0, 0.1) is 6.92 Å². The molecule has 0 saturated carbocycles. The Morgan fingerprint density at radius 2 is 1.46 bits per heavy atom. The van der Waals surface area contributed by atoms with Crippen LogP contribution in [0.1, 0.15) is 32.8 Å². The minimum Gasteiger partial charge on any atom is -0.460 e. The van der Waals surface area contributed by atoms with Crippen LogP contribution >= 0.6 is 0 Å². The fourth-order valence-electron chi connectivity index (χ4n) is 1.93. The van der Waals surface area contributed by atoms with Crippen LogP contribution in [0.2, 0.25) is 0 Å². The molecule has 0 aliphatic heterocycles. The van der Waals surface area contributed by atoms with Crippen LogP contribution in [-0.4, -0.2) is 59.0 Å². The number of carbonyl (C=O) groups is 1. The molecule has 0 heterocycles. The maximum Gasteiger partial charge on any atom is 0.308 e. The van der Waals surface area contributed by atoms with Crippen LogP contribution in [0.25, 0.3) is 0 Å². The molecule has 8 nitrogen and oxygen atoms in total. The molecule has 9 heteroatoms. The summed E-state index contributed by atoms with van der Waals surface area (Å²) in [4.78, 5) is 21.2. The van der Waals surface area contributed by atoms with Crippen molar-refractivity contribution in [2.24, 2.45) is 0 Å². The first-order chi connectivity index (χ1) is 13.1. The van der Waals surface area contributed by atoms with Crippen LogP contribution in [0.4, 0.5) is 0 Å². The molecule has 0 spiro atoms. The summed E-state index contributed by atoms with van der Waals surface area (Å²) in [5, 5.41) is 0. The van der Waals surface area contributed by atoms with E-state index >= 15 is 0 Å². The van der Waals surface area contributed by atoms with Crippen molar-refractivity contribution in [1.29, 1.82) is 0 Å². The highest BCUT2D eigenvalue weighted by atomic mass is 32.2. The smallest absolute Gasteiger partial charge is 0.308 e. The minimum absolute atomic E-state index is 0.0846. The summed E-state index contributed by atoms with van der Waals surface area (Å²) in [5.74, 6) is -0.872. The topological polar surface area (TPSA) is 97.4 Å². The number of hydrogen-bond donors (Lipinski definition) is 0. The summed E-state index contributed by atoms with van der Waals surface area (Å²) >= 11 is 0. The maximum atomic E-state index is 12.0. The molecule has 0 aliphatic carbocycles. The Morgan fingerprint density at radius 1 is 0.893 bits per heavy atom. The molecule has 1 aromatic rings. The van der Waals surface area contributed by atoms with Crippen molar-refractivity contribution in [3.05, 3.63) is 29.8 Å². The zero-order chi connectivity index (χ0) is 21.0. The lowest BCUT2D eigenvalue weighted by Crippen LogP contribution is -2.24. The summed E-state index contributed by atoms with van der Waals surface area (Å²) in [6.45, 7) is 8.51. The third-order valence-electron chi connectivity index (χ3n) is 3.22. The standard InChI is InChI=1S/C19H30O8S/c1-16-5-7-17(8-6-16)28(21,22)15-26-25-14-13-24-12-11-23-10-9-18(20)27-19(2,3)4/h5-8H,9-15H2,1-4H3. The number of ether oxygens (including phenoxy) is 3. The predicted octanol–water partition coefficient (Wildman–Crippen LogP) is 2.44. The van der Waals surface area contributed by atoms with E-state index in [1.54, 1.807) is 12.1 Å². The highest BCUT2D eigenvalue weighted by Crippen LogP contribution is 2.12. The molecule has 0 aliphatic rings. The van der Waals surface area contributed by atoms with Crippen molar-refractivity contribution in [2.45, 2.75) is 44.6 Å². The van der Waals surface area contributed by atoms with E-state index in [2.05, 4.69) is 0 Å². The average Bonchev–Trinajstić information content (AvgIpc) is 2.58. The predicted molar refractivity (Wildman–Crippen MR) is 102 cm³/mol. The first-order valence-corrected chi connectivity index (χ1v) is 10.7. The highest BCUT2D eigenvalue weighted by molar-refractivity contribution is 7.91. The van der Waals surface area contributed by atoms with Crippen LogP contribution in [-0.2, 0) is 38.6 Å². The van der Waals surface area contributed by atoms with E-state index in [4.69, 9.17) is 24.0 Å². The largest absolute Gasteiger partial charge is 0.460 e. The number of hydrogen-bond acceptors (Lipinski definition) is 8. The zero-order valence-corrected chi connectivity index (χ0v) is 17.7. The molecule has 28 heavy (non-hydrogen) atoms. The molecule has 0 unspecified atom stereocenters. The van der Waals surface area contributed by atoms with Crippen LogP contribution in [0.5, 0.6) is 0 Å². The van der Waals surface area contributed by atoms with Gasteiger partial charge in [0.15, 0.2) is 5.94 Å². The fourth-order valence-corrected chi connectivity index (χ4v) is 2.81. The Labute approximate surface area is 166 Å². The van der Waals surface area contributed by atoms with E-state index in [0.717, 1.165) is 5.56 Å². The van der Waals surface area contributed by atoms with Crippen LogP contribution in [0.15, 0.2) is 29.2 Å². The van der Waals surface area contributed by atoms with E-state index in [9.17, 15) is 13.2 Å². The molecule has 0 saturated heterocycles. The van der Waals surface area contributed by atoms with Gasteiger partial charge >= 0.3 is 5.97 Å². The molecule has 0 bridgehead atoms. The molecule has 0 N–H and O–H groups in total. The minimum atomic E-state index is -3.55. The summed E-state index contributed by atoms with van der Waals surface area (Å²) in [5.41, 5.74) is 0.476. The van der Waals surface area contributed by atoms with Crippen molar-refractivity contribution < 1.29 is 37.2 Å². The number of sulfone groups is 1. The van der Waals surface area contributed by atoms with Gasteiger partial charge in [-0.3, -0.25) is 4.79 Å². The number of esters is 1. The van der Waals surface area contributed by atoms with E-state index in [0.29, 0.717) is 13.2 Å². The van der Waals surface area contributed by atoms with E-state index in [1.807, 2.05) is 27.7 Å². The van der Waals surface area contributed by atoms with Gasteiger partial charge in [-0.25, -0.2) is 18.2 Å². The third kappa shape index (κ3) is 11.4. The van der Waals surface area contributed by atoms with Gasteiger partial charge in [0.25, 0.3) is 0 Å². The normalized spacial score (nSPS) is 12.1. The molecule has 1 aromatic carbocycles. The monoisotopic (exact) mass is 418 g/mol. The van der Waals surface area contributed by atoms with Crippen LogP contribution in [0.3, 0.4) is 0 Å². The van der Waals surface area contributed by atoms with Crippen molar-refractivity contribution in [3.63, 3.8) is 0 Å². The molecule has 0 radical (unpaired) electrons. The molecule has 0 fully saturated rings. The van der Waals surface area contributed by atoms with E-state index in [1.165, 1.54) is 12.1 Å². The Balaban J connectivity index is 1.99. The third-order valence-corrected chi connectivity index (χ3v) is 4.62. The lowest BCUT2D eigenvalue weighted by molar-refractivity contribution is -0.285. The second-order valence-electron chi connectivity index (χ2n) is 7.05. The Morgan fingerprint density at radius 3 is 2.07 bits per heavy atom. The van der Waals surface area contributed by atoms with Gasteiger partial charge in [-0.15, -0.1) is 0 Å². The Kier molecular flexibility index (Phi) is 10.6. The molecule has 160 valence electrons. The number of aryl methyl sites for hydroxylation is 1. The molecular formula is C19H30O8S. The quantitative estimate of drug-likeness (QED) is 0.209. The SMILES string of the molecule is Cc1ccc(S(=O)(=O)COOCCOCCOCCC(=O)OC(C)(C)C)cc1. The second kappa shape index (κ2) is 12.1. The van der Waals surface area contributed by atoms with E-state index < -0.39 is 21.4 Å². The summed E-state index contributed by atoms with van der Waals surface area (Å²) in [7, 11) is -3.55. The average molecular weight is 419 g/mol. The van der Waals surface area contributed by atoms with Gasteiger partial charge in [0.2, 0.25) is 9.84 Å². The van der Waals surface area contributed by atoms with Crippen molar-refractivity contribution in [3.8, 4) is 0 Å². The lowest BCUT2D eigenvalue weighted by atomic mass is 10.2. The van der Waals surface area contributed by atoms with Crippen molar-refractivity contribution in [1.82, 2.24) is 0 Å². The van der Waals surface area contributed by atoms with Gasteiger partial charge in [-0.05, 0) is 39.8 Å². The van der Waals surface area contributed by atoms with Crippen LogP contribution < -0.4 is 0 Å². The Hall–Kier alpha value is -1.52.